The predicted molar refractivity (Wildman–Crippen MR) is 129 cm³/mol. The van der Waals surface area contributed by atoms with Gasteiger partial charge in [0, 0.05) is 5.02 Å². The highest BCUT2D eigenvalue weighted by molar-refractivity contribution is 7.99. The van der Waals surface area contributed by atoms with Gasteiger partial charge in [0.05, 0.1) is 24.9 Å². The Morgan fingerprint density at radius 2 is 1.78 bits per heavy atom. The number of nitrogens with zero attached hydrogens (tertiary/aromatic N) is 4. The van der Waals surface area contributed by atoms with Crippen LogP contribution < -0.4 is 5.32 Å². The van der Waals surface area contributed by atoms with E-state index >= 15 is 0 Å². The lowest BCUT2D eigenvalue weighted by atomic mass is 10.1. The Labute approximate surface area is 198 Å². The van der Waals surface area contributed by atoms with Gasteiger partial charge in [-0.3, -0.25) is 9.69 Å². The van der Waals surface area contributed by atoms with Crippen molar-refractivity contribution in [3.63, 3.8) is 0 Å². The van der Waals surface area contributed by atoms with Gasteiger partial charge in [-0.2, -0.15) is 0 Å². The molecule has 1 aliphatic rings. The number of carbonyl (C=O) groups is 1. The third kappa shape index (κ3) is 6.12. The number of thioether (sulfide) groups is 1. The summed E-state index contributed by atoms with van der Waals surface area (Å²) in [5.74, 6) is 1.20. The van der Waals surface area contributed by atoms with Gasteiger partial charge in [0.25, 0.3) is 0 Å². The van der Waals surface area contributed by atoms with Crippen LogP contribution in [-0.4, -0.2) is 44.4 Å². The van der Waals surface area contributed by atoms with E-state index in [1.165, 1.54) is 30.2 Å². The van der Waals surface area contributed by atoms with Gasteiger partial charge in [-0.05, 0) is 56.1 Å². The average molecular weight is 470 g/mol. The summed E-state index contributed by atoms with van der Waals surface area (Å²) in [6.45, 7) is 5.66. The van der Waals surface area contributed by atoms with E-state index in [9.17, 15) is 4.79 Å². The molecule has 168 valence electrons. The van der Waals surface area contributed by atoms with Gasteiger partial charge in [-0.1, -0.05) is 65.8 Å². The fourth-order valence-electron chi connectivity index (χ4n) is 3.86. The number of hydrogen-bond acceptors (Lipinski definition) is 5. The summed E-state index contributed by atoms with van der Waals surface area (Å²) in [4.78, 5) is 15.0. The van der Waals surface area contributed by atoms with Crippen molar-refractivity contribution in [2.45, 2.75) is 44.1 Å². The summed E-state index contributed by atoms with van der Waals surface area (Å²) in [6, 6.07) is 17.8. The number of amides is 1. The maximum Gasteiger partial charge on any atom is 0.230 e. The second kappa shape index (κ2) is 11.0. The summed E-state index contributed by atoms with van der Waals surface area (Å²) in [5.41, 5.74) is 2.21. The largest absolute Gasteiger partial charge is 0.349 e. The van der Waals surface area contributed by atoms with E-state index in [2.05, 4.69) is 37.1 Å². The molecular weight excluding hydrogens is 442 g/mol. The van der Waals surface area contributed by atoms with Gasteiger partial charge >= 0.3 is 0 Å². The Bertz CT molecular complexity index is 1020. The van der Waals surface area contributed by atoms with Crippen molar-refractivity contribution in [3.05, 3.63) is 76.6 Å². The van der Waals surface area contributed by atoms with Crippen molar-refractivity contribution >= 4 is 29.3 Å². The molecule has 0 spiro atoms. The topological polar surface area (TPSA) is 63.1 Å². The highest BCUT2D eigenvalue weighted by Gasteiger charge is 2.19. The molecule has 32 heavy (non-hydrogen) atoms. The SMILES string of the molecule is CC(NC(=O)CSc1nnc(CN2CCCC2)n1Cc1ccccc1)c1ccc(Cl)cc1. The second-order valence-corrected chi connectivity index (χ2v) is 9.46. The first-order valence-corrected chi connectivity index (χ1v) is 12.3. The Balaban J connectivity index is 1.41. The molecule has 1 amide bonds. The smallest absolute Gasteiger partial charge is 0.230 e. The zero-order valence-corrected chi connectivity index (χ0v) is 19.8. The van der Waals surface area contributed by atoms with Crippen molar-refractivity contribution in [1.82, 2.24) is 25.0 Å². The van der Waals surface area contributed by atoms with Crippen LogP contribution in [-0.2, 0) is 17.9 Å². The van der Waals surface area contributed by atoms with E-state index in [4.69, 9.17) is 11.6 Å². The molecule has 3 aromatic rings. The van der Waals surface area contributed by atoms with E-state index in [1.54, 1.807) is 0 Å². The highest BCUT2D eigenvalue weighted by Crippen LogP contribution is 2.22. The van der Waals surface area contributed by atoms with Crippen LogP contribution in [0.2, 0.25) is 5.02 Å². The first-order valence-electron chi connectivity index (χ1n) is 10.9. The first-order chi connectivity index (χ1) is 15.6. The lowest BCUT2D eigenvalue weighted by molar-refractivity contribution is -0.119. The van der Waals surface area contributed by atoms with Crippen molar-refractivity contribution in [2.75, 3.05) is 18.8 Å². The fraction of sp³-hybridized carbons (Fsp3) is 0.375. The summed E-state index contributed by atoms with van der Waals surface area (Å²) < 4.78 is 2.15. The highest BCUT2D eigenvalue weighted by atomic mass is 35.5. The van der Waals surface area contributed by atoms with Gasteiger partial charge in [-0.25, -0.2) is 0 Å². The lowest BCUT2D eigenvalue weighted by Gasteiger charge is -2.16. The van der Waals surface area contributed by atoms with E-state index in [-0.39, 0.29) is 17.7 Å². The monoisotopic (exact) mass is 469 g/mol. The molecule has 1 aliphatic heterocycles. The van der Waals surface area contributed by atoms with E-state index in [0.29, 0.717) is 11.6 Å². The summed E-state index contributed by atoms with van der Waals surface area (Å²) in [7, 11) is 0. The zero-order valence-electron chi connectivity index (χ0n) is 18.2. The normalized spacial score (nSPS) is 15.1. The number of rotatable bonds is 9. The Kier molecular flexibility index (Phi) is 7.84. The van der Waals surface area contributed by atoms with Crippen LogP contribution in [0.3, 0.4) is 0 Å². The number of hydrogen-bond donors (Lipinski definition) is 1. The van der Waals surface area contributed by atoms with Gasteiger partial charge in [-0.15, -0.1) is 10.2 Å². The Morgan fingerprint density at radius 1 is 1.06 bits per heavy atom. The van der Waals surface area contributed by atoms with Crippen LogP contribution in [0.25, 0.3) is 0 Å². The van der Waals surface area contributed by atoms with Gasteiger partial charge in [0.2, 0.25) is 5.91 Å². The van der Waals surface area contributed by atoms with Crippen LogP contribution >= 0.6 is 23.4 Å². The molecule has 1 N–H and O–H groups in total. The molecule has 4 rings (SSSR count). The molecule has 1 aromatic heterocycles. The molecule has 0 radical (unpaired) electrons. The Morgan fingerprint density at radius 3 is 2.50 bits per heavy atom. The molecule has 1 saturated heterocycles. The van der Waals surface area contributed by atoms with E-state index in [1.807, 2.05) is 49.4 Å². The first kappa shape index (κ1) is 22.8. The van der Waals surface area contributed by atoms with Gasteiger partial charge < -0.3 is 9.88 Å². The van der Waals surface area contributed by atoms with Crippen LogP contribution in [0.4, 0.5) is 0 Å². The number of benzene rings is 2. The summed E-state index contributed by atoms with van der Waals surface area (Å²) in [6.07, 6.45) is 2.47. The lowest BCUT2D eigenvalue weighted by Crippen LogP contribution is -2.28. The molecule has 8 heteroatoms. The van der Waals surface area contributed by atoms with Crippen molar-refractivity contribution < 1.29 is 4.79 Å². The quantitative estimate of drug-likeness (QED) is 0.466. The number of nitrogens with one attached hydrogen (secondary N) is 1. The number of aromatic nitrogens is 3. The molecule has 0 aliphatic carbocycles. The molecule has 1 fully saturated rings. The number of likely N-dealkylation sites (tertiary alicyclic amines) is 1. The standard InChI is InChI=1S/C24H28ClN5OS/c1-18(20-9-11-21(25)12-10-20)26-23(31)17-32-24-28-27-22(16-29-13-5-6-14-29)30(24)15-19-7-3-2-4-8-19/h2-4,7-12,18H,5-6,13-17H2,1H3,(H,26,31). The molecule has 0 saturated carbocycles. The number of carbonyl (C=O) groups excluding carboxylic acids is 1. The zero-order chi connectivity index (χ0) is 22.3. The molecule has 0 bridgehead atoms. The molecule has 1 unspecified atom stereocenters. The van der Waals surface area contributed by atoms with Crippen molar-refractivity contribution in [1.29, 1.82) is 0 Å². The maximum absolute atomic E-state index is 12.6. The maximum atomic E-state index is 12.6. The summed E-state index contributed by atoms with van der Waals surface area (Å²) in [5, 5.41) is 13.4. The van der Waals surface area contributed by atoms with Crippen LogP contribution in [0.15, 0.2) is 59.8 Å². The second-order valence-electron chi connectivity index (χ2n) is 8.08. The third-order valence-electron chi connectivity index (χ3n) is 5.62. The van der Waals surface area contributed by atoms with Crippen molar-refractivity contribution in [3.8, 4) is 0 Å². The van der Waals surface area contributed by atoms with E-state index < -0.39 is 0 Å². The predicted octanol–water partition coefficient (Wildman–Crippen LogP) is 4.55. The molecule has 2 heterocycles. The third-order valence-corrected chi connectivity index (χ3v) is 6.84. The van der Waals surface area contributed by atoms with E-state index in [0.717, 1.165) is 36.2 Å². The minimum absolute atomic E-state index is 0.0344. The Hall–Kier alpha value is -2.35. The molecular formula is C24H28ClN5OS. The average Bonchev–Trinajstić information content (AvgIpc) is 3.44. The van der Waals surface area contributed by atoms with Crippen LogP contribution in [0.1, 0.15) is 42.8 Å². The minimum atomic E-state index is -0.0896. The summed E-state index contributed by atoms with van der Waals surface area (Å²) >= 11 is 7.39. The molecule has 6 nitrogen and oxygen atoms in total. The minimum Gasteiger partial charge on any atom is -0.349 e. The molecule has 1 atom stereocenters. The van der Waals surface area contributed by atoms with Gasteiger partial charge in [0.1, 0.15) is 5.82 Å². The fourth-order valence-corrected chi connectivity index (χ4v) is 4.75. The van der Waals surface area contributed by atoms with Gasteiger partial charge in [0.15, 0.2) is 5.16 Å². The van der Waals surface area contributed by atoms with Crippen LogP contribution in [0.5, 0.6) is 0 Å². The molecule has 2 aromatic carbocycles. The van der Waals surface area contributed by atoms with Crippen molar-refractivity contribution in [2.24, 2.45) is 0 Å². The van der Waals surface area contributed by atoms with Crippen LogP contribution in [0, 0.1) is 0 Å². The number of halogens is 1.